The normalized spacial score (nSPS) is 28.5. The van der Waals surface area contributed by atoms with Crippen LogP contribution in [0.1, 0.15) is 43.4 Å². The fourth-order valence-corrected chi connectivity index (χ4v) is 6.56. The van der Waals surface area contributed by atoms with Gasteiger partial charge < -0.3 is 20.1 Å². The van der Waals surface area contributed by atoms with E-state index < -0.39 is 29.2 Å². The number of aromatic nitrogens is 1. The van der Waals surface area contributed by atoms with Crippen molar-refractivity contribution in [3.8, 4) is 11.8 Å². The highest BCUT2D eigenvalue weighted by Gasteiger charge is 2.59. The monoisotopic (exact) mass is 515 g/mol. The van der Waals surface area contributed by atoms with Crippen LogP contribution >= 0.6 is 12.2 Å². The van der Waals surface area contributed by atoms with E-state index >= 15 is 0 Å². The van der Waals surface area contributed by atoms with Crippen molar-refractivity contribution >= 4 is 28.7 Å². The molecule has 0 radical (unpaired) electrons. The highest BCUT2D eigenvalue weighted by molar-refractivity contribution is 7.80. The molecule has 4 unspecified atom stereocenters. The number of alkyl halides is 3. The number of nitrogens with one attached hydrogen (secondary N) is 1. The SMILES string of the molecule is N#Cc1ncc(N2C(=S)N(c3ccc(OC4CC5CC4CN5)cc3)C3(CCC3)C2O)cc1C(F)(F)F. The summed E-state index contributed by atoms with van der Waals surface area (Å²) in [4.78, 5) is 6.86. The van der Waals surface area contributed by atoms with Gasteiger partial charge in [0.15, 0.2) is 17.0 Å². The number of halogens is 3. The van der Waals surface area contributed by atoms with E-state index in [-0.39, 0.29) is 16.9 Å². The quantitative estimate of drug-likeness (QED) is 0.593. The van der Waals surface area contributed by atoms with E-state index in [9.17, 15) is 18.3 Å². The maximum atomic E-state index is 13.6. The topological polar surface area (TPSA) is 84.7 Å². The Bertz CT molecular complexity index is 1240. The van der Waals surface area contributed by atoms with E-state index in [1.165, 1.54) is 11.0 Å². The van der Waals surface area contributed by atoms with E-state index in [0.717, 1.165) is 49.5 Å². The van der Waals surface area contributed by atoms with Crippen molar-refractivity contribution in [2.75, 3.05) is 16.3 Å². The van der Waals surface area contributed by atoms with Crippen LogP contribution in [0.5, 0.6) is 5.75 Å². The lowest BCUT2D eigenvalue weighted by atomic mass is 9.74. The van der Waals surface area contributed by atoms with Crippen LogP contribution in [-0.4, -0.2) is 45.7 Å². The fourth-order valence-electron chi connectivity index (χ4n) is 6.07. The minimum Gasteiger partial charge on any atom is -0.490 e. The van der Waals surface area contributed by atoms with E-state index in [1.807, 2.05) is 29.2 Å². The van der Waals surface area contributed by atoms with E-state index in [2.05, 4.69) is 10.3 Å². The fraction of sp³-hybridized carbons (Fsp3) is 0.480. The number of aliphatic hydroxyl groups is 1. The predicted molar refractivity (Wildman–Crippen MR) is 129 cm³/mol. The zero-order valence-electron chi connectivity index (χ0n) is 19.2. The first kappa shape index (κ1) is 23.5. The summed E-state index contributed by atoms with van der Waals surface area (Å²) in [5, 5.41) is 24.1. The largest absolute Gasteiger partial charge is 0.490 e. The molecular formula is C25H24F3N5O2S. The smallest absolute Gasteiger partial charge is 0.419 e. The van der Waals surface area contributed by atoms with Crippen LogP contribution in [0.3, 0.4) is 0 Å². The van der Waals surface area contributed by atoms with Crippen molar-refractivity contribution in [3.63, 3.8) is 0 Å². The summed E-state index contributed by atoms with van der Waals surface area (Å²) >= 11 is 5.71. The second-order valence-electron chi connectivity index (χ2n) is 10.0. The van der Waals surface area contributed by atoms with Gasteiger partial charge in [-0.1, -0.05) is 0 Å². The van der Waals surface area contributed by atoms with Crippen molar-refractivity contribution in [1.29, 1.82) is 5.26 Å². The first-order chi connectivity index (χ1) is 17.2. The van der Waals surface area contributed by atoms with Gasteiger partial charge in [-0.25, -0.2) is 4.98 Å². The van der Waals surface area contributed by atoms with Crippen LogP contribution in [0.25, 0.3) is 0 Å². The third kappa shape index (κ3) is 3.54. The number of rotatable bonds is 4. The molecule has 7 nitrogen and oxygen atoms in total. The first-order valence-corrected chi connectivity index (χ1v) is 12.4. The molecule has 4 aliphatic rings. The lowest BCUT2D eigenvalue weighted by molar-refractivity contribution is -0.138. The van der Waals surface area contributed by atoms with E-state index in [1.54, 1.807) is 0 Å². The number of ether oxygens (including phenoxy) is 1. The third-order valence-corrected chi connectivity index (χ3v) is 8.41. The number of pyridine rings is 1. The van der Waals surface area contributed by atoms with Gasteiger partial charge in [0.05, 0.1) is 23.0 Å². The average molecular weight is 516 g/mol. The molecule has 4 fully saturated rings. The molecule has 2 aromatic rings. The van der Waals surface area contributed by atoms with Crippen molar-refractivity contribution in [1.82, 2.24) is 10.3 Å². The van der Waals surface area contributed by atoms with E-state index in [4.69, 9.17) is 22.2 Å². The summed E-state index contributed by atoms with van der Waals surface area (Å²) < 4.78 is 46.9. The number of fused-ring (bicyclic) bond motifs is 2. The highest BCUT2D eigenvalue weighted by Crippen LogP contribution is 2.50. The maximum absolute atomic E-state index is 13.6. The minimum absolute atomic E-state index is 0.00236. The number of nitriles is 1. The maximum Gasteiger partial charge on any atom is 0.419 e. The van der Waals surface area contributed by atoms with Gasteiger partial charge in [0.25, 0.3) is 0 Å². The molecule has 1 aromatic heterocycles. The summed E-state index contributed by atoms with van der Waals surface area (Å²) in [6.45, 7) is 0.978. The van der Waals surface area contributed by atoms with Crippen molar-refractivity contribution in [2.45, 2.75) is 62.2 Å². The molecule has 1 aromatic carbocycles. The third-order valence-electron chi connectivity index (χ3n) is 8.03. The number of benzene rings is 1. The second kappa shape index (κ2) is 8.30. The number of thiocarbonyl (C=S) groups is 1. The summed E-state index contributed by atoms with van der Waals surface area (Å²) in [7, 11) is 0. The van der Waals surface area contributed by atoms with Gasteiger partial charge in [-0.05, 0) is 74.7 Å². The number of nitrogens with zero attached hydrogens (tertiary/aromatic N) is 4. The van der Waals surface area contributed by atoms with Crippen LogP contribution < -0.4 is 19.9 Å². The molecule has 2 aliphatic carbocycles. The van der Waals surface area contributed by atoms with Crippen LogP contribution in [-0.2, 0) is 6.18 Å². The van der Waals surface area contributed by atoms with Crippen LogP contribution in [0.4, 0.5) is 24.5 Å². The summed E-state index contributed by atoms with van der Waals surface area (Å²) in [6.07, 6.45) is -0.313. The number of hydrogen-bond donors (Lipinski definition) is 2. The molecule has 0 amide bonds. The molecule has 36 heavy (non-hydrogen) atoms. The Labute approximate surface area is 211 Å². The molecule has 2 saturated carbocycles. The Morgan fingerprint density at radius 1 is 1.19 bits per heavy atom. The molecule has 11 heteroatoms. The lowest BCUT2D eigenvalue weighted by Gasteiger charge is -2.46. The molecule has 188 valence electrons. The molecule has 6 rings (SSSR count). The van der Waals surface area contributed by atoms with Crippen LogP contribution in [0.2, 0.25) is 0 Å². The van der Waals surface area contributed by atoms with E-state index in [0.29, 0.717) is 24.8 Å². The molecule has 4 atom stereocenters. The Morgan fingerprint density at radius 3 is 2.50 bits per heavy atom. The summed E-state index contributed by atoms with van der Waals surface area (Å²) in [5.74, 6) is 1.28. The summed E-state index contributed by atoms with van der Waals surface area (Å²) in [5.41, 5.74) is -1.89. The highest BCUT2D eigenvalue weighted by atomic mass is 32.1. The van der Waals surface area contributed by atoms with Gasteiger partial charge >= 0.3 is 6.18 Å². The Balaban J connectivity index is 1.29. The van der Waals surface area contributed by atoms with Gasteiger partial charge in [0, 0.05) is 24.2 Å². The van der Waals surface area contributed by atoms with Gasteiger partial charge in [-0.2, -0.15) is 18.4 Å². The standard InChI is InChI=1S/C25H24F3N5O2S/c26-25(27,28)19-10-17(13-31-20(19)11-29)32-22(34)24(6-1-7-24)33(23(32)36)16-2-4-18(5-3-16)35-21-9-15-8-14(21)12-30-15/h2-5,10,13-15,21-22,30,34H,1,6-9,12H2. The Hall–Kier alpha value is -2.94. The number of hydrogen-bond acceptors (Lipinski definition) is 6. The minimum atomic E-state index is -4.76. The molecule has 2 aliphatic heterocycles. The van der Waals surface area contributed by atoms with Gasteiger partial charge in [0.2, 0.25) is 0 Å². The second-order valence-corrected chi connectivity index (χ2v) is 10.4. The van der Waals surface area contributed by atoms with Gasteiger partial charge in [-0.15, -0.1) is 0 Å². The van der Waals surface area contributed by atoms with Gasteiger partial charge in [0.1, 0.15) is 17.9 Å². The zero-order valence-corrected chi connectivity index (χ0v) is 20.0. The Morgan fingerprint density at radius 2 is 1.94 bits per heavy atom. The Kier molecular flexibility index (Phi) is 5.41. The van der Waals surface area contributed by atoms with Crippen molar-refractivity contribution in [3.05, 3.63) is 47.8 Å². The number of anilines is 2. The number of piperidine rings is 1. The molecule has 1 spiro atoms. The lowest BCUT2D eigenvalue weighted by Crippen LogP contribution is -2.57. The molecule has 3 heterocycles. The predicted octanol–water partition coefficient (Wildman–Crippen LogP) is 3.95. The molecule has 2 saturated heterocycles. The van der Waals surface area contributed by atoms with Crippen LogP contribution in [0, 0.1) is 17.2 Å². The van der Waals surface area contributed by atoms with Crippen molar-refractivity contribution < 1.29 is 23.0 Å². The summed E-state index contributed by atoms with van der Waals surface area (Å²) in [6, 6.07) is 10.4. The average Bonchev–Trinajstić information content (AvgIpc) is 3.50. The first-order valence-electron chi connectivity index (χ1n) is 12.0. The van der Waals surface area contributed by atoms with Crippen LogP contribution in [0.15, 0.2) is 36.5 Å². The zero-order chi connectivity index (χ0) is 25.2. The van der Waals surface area contributed by atoms with Gasteiger partial charge in [-0.3, -0.25) is 4.90 Å². The molecule has 2 bridgehead atoms. The van der Waals surface area contributed by atoms with Crippen molar-refractivity contribution in [2.24, 2.45) is 5.92 Å². The number of aliphatic hydroxyl groups excluding tert-OH is 1. The molecule has 2 N–H and O–H groups in total. The molecular weight excluding hydrogens is 491 g/mol.